The molecule has 0 aliphatic heterocycles. The van der Waals surface area contributed by atoms with Crippen molar-refractivity contribution in [3.63, 3.8) is 0 Å². The maximum Gasteiger partial charge on any atom is 0.179 e. The number of aromatic nitrogens is 1. The molecule has 0 aliphatic rings. The second-order valence-electron chi connectivity index (χ2n) is 3.09. The van der Waals surface area contributed by atoms with E-state index >= 15 is 0 Å². The fourth-order valence-corrected chi connectivity index (χ4v) is 1.40. The third-order valence-electron chi connectivity index (χ3n) is 2.09. The van der Waals surface area contributed by atoms with Crippen LogP contribution in [0.5, 0.6) is 5.75 Å². The van der Waals surface area contributed by atoms with Crippen molar-refractivity contribution in [1.82, 2.24) is 4.98 Å². The number of benzene rings is 1. The molecule has 0 saturated heterocycles. The maximum atomic E-state index is 12.8. The van der Waals surface area contributed by atoms with Crippen LogP contribution in [0.3, 0.4) is 0 Å². The molecule has 0 aliphatic carbocycles. The number of aromatic amines is 1. The molecule has 1 aromatic carbocycles. The molecule has 1 heterocycles. The number of rotatable bonds is 1. The Morgan fingerprint density at radius 2 is 2.21 bits per heavy atom. The zero-order valence-corrected chi connectivity index (χ0v) is 7.47. The molecular formula is C10H8FNO2. The van der Waals surface area contributed by atoms with Crippen LogP contribution < -0.4 is 0 Å². The summed E-state index contributed by atoms with van der Waals surface area (Å²) in [6.45, 7) is 1.33. The molecule has 14 heavy (non-hydrogen) atoms. The summed E-state index contributed by atoms with van der Waals surface area (Å²) in [5.74, 6) is -0.909. The number of fused-ring (bicyclic) bond motifs is 1. The van der Waals surface area contributed by atoms with Crippen molar-refractivity contribution in [2.75, 3.05) is 0 Å². The highest BCUT2D eigenvalue weighted by molar-refractivity contribution is 6.03. The molecule has 0 radical (unpaired) electrons. The zero-order chi connectivity index (χ0) is 10.3. The number of aromatic hydroxyl groups is 1. The number of ketones is 1. The first-order valence-electron chi connectivity index (χ1n) is 4.10. The molecule has 72 valence electrons. The lowest BCUT2D eigenvalue weighted by molar-refractivity contribution is 0.101. The number of hydrogen-bond acceptors (Lipinski definition) is 2. The monoisotopic (exact) mass is 193 g/mol. The van der Waals surface area contributed by atoms with Gasteiger partial charge in [0.15, 0.2) is 11.5 Å². The number of H-pyrrole nitrogens is 1. The van der Waals surface area contributed by atoms with Crippen LogP contribution >= 0.6 is 0 Å². The minimum atomic E-state index is -0.443. The minimum Gasteiger partial charge on any atom is -0.505 e. The van der Waals surface area contributed by atoms with E-state index in [0.29, 0.717) is 10.9 Å². The summed E-state index contributed by atoms with van der Waals surface area (Å²) < 4.78 is 12.8. The van der Waals surface area contributed by atoms with Gasteiger partial charge in [-0.2, -0.15) is 0 Å². The third-order valence-corrected chi connectivity index (χ3v) is 2.09. The lowest BCUT2D eigenvalue weighted by Crippen LogP contribution is -1.91. The molecule has 0 atom stereocenters. The number of halogens is 1. The standard InChI is InChI=1S/C10H8FNO2/c1-5(13)9-10(14)7-4-6(11)2-3-8(7)12-9/h2-4,12,14H,1H3. The molecule has 0 unspecified atom stereocenters. The number of nitrogens with one attached hydrogen (secondary N) is 1. The molecule has 4 heteroatoms. The third kappa shape index (κ3) is 1.16. The summed E-state index contributed by atoms with van der Waals surface area (Å²) in [4.78, 5) is 13.8. The Bertz CT molecular complexity index is 516. The molecule has 2 N–H and O–H groups in total. The summed E-state index contributed by atoms with van der Waals surface area (Å²) in [5, 5.41) is 9.89. The van der Waals surface area contributed by atoms with Gasteiger partial charge in [0.05, 0.1) is 0 Å². The minimum absolute atomic E-state index is 0.116. The van der Waals surface area contributed by atoms with E-state index < -0.39 is 5.82 Å². The second kappa shape index (κ2) is 2.83. The van der Waals surface area contributed by atoms with Crippen molar-refractivity contribution in [3.8, 4) is 5.75 Å². The van der Waals surface area contributed by atoms with E-state index in [2.05, 4.69) is 4.98 Å². The van der Waals surface area contributed by atoms with Crippen LogP contribution in [0.2, 0.25) is 0 Å². The molecule has 0 bridgehead atoms. The Labute approximate surface area is 79.2 Å². The van der Waals surface area contributed by atoms with Gasteiger partial charge in [0.2, 0.25) is 0 Å². The SMILES string of the molecule is CC(=O)c1[nH]c2ccc(F)cc2c1O. The van der Waals surface area contributed by atoms with Gasteiger partial charge in [-0.3, -0.25) is 4.79 Å². The van der Waals surface area contributed by atoms with E-state index in [4.69, 9.17) is 0 Å². The first-order valence-corrected chi connectivity index (χ1v) is 4.10. The summed E-state index contributed by atoms with van der Waals surface area (Å²) >= 11 is 0. The number of carbonyl (C=O) groups is 1. The van der Waals surface area contributed by atoms with Crippen LogP contribution in [0.15, 0.2) is 18.2 Å². The first-order chi connectivity index (χ1) is 6.59. The molecule has 1 aromatic heterocycles. The lowest BCUT2D eigenvalue weighted by Gasteiger charge is -1.91. The van der Waals surface area contributed by atoms with Gasteiger partial charge in [-0.05, 0) is 18.2 Å². The average molecular weight is 193 g/mol. The zero-order valence-electron chi connectivity index (χ0n) is 7.47. The van der Waals surface area contributed by atoms with Gasteiger partial charge in [-0.25, -0.2) is 4.39 Å². The average Bonchev–Trinajstić information content (AvgIpc) is 2.44. The second-order valence-corrected chi connectivity index (χ2v) is 3.09. The van der Waals surface area contributed by atoms with Crippen LogP contribution in [0, 0.1) is 5.82 Å². The van der Waals surface area contributed by atoms with Crippen molar-refractivity contribution in [3.05, 3.63) is 29.7 Å². The van der Waals surface area contributed by atoms with Crippen molar-refractivity contribution in [2.24, 2.45) is 0 Å². The Kier molecular flexibility index (Phi) is 1.77. The van der Waals surface area contributed by atoms with Gasteiger partial charge in [0.1, 0.15) is 11.5 Å². The number of Topliss-reactive ketones (excluding diaryl/α,β-unsaturated/α-hetero) is 1. The number of hydrogen-bond donors (Lipinski definition) is 2. The van der Waals surface area contributed by atoms with Gasteiger partial charge in [-0.1, -0.05) is 0 Å². The molecule has 0 spiro atoms. The summed E-state index contributed by atoms with van der Waals surface area (Å²) in [6, 6.07) is 3.94. The molecule has 0 amide bonds. The largest absolute Gasteiger partial charge is 0.505 e. The Balaban J connectivity index is 2.80. The molecular weight excluding hydrogens is 185 g/mol. The van der Waals surface area contributed by atoms with E-state index in [-0.39, 0.29) is 17.2 Å². The quantitative estimate of drug-likeness (QED) is 0.682. The van der Waals surface area contributed by atoms with Gasteiger partial charge in [-0.15, -0.1) is 0 Å². The predicted octanol–water partition coefficient (Wildman–Crippen LogP) is 2.22. The highest BCUT2D eigenvalue weighted by Gasteiger charge is 2.13. The van der Waals surface area contributed by atoms with Gasteiger partial charge >= 0.3 is 0 Å². The van der Waals surface area contributed by atoms with E-state index in [9.17, 15) is 14.3 Å². The molecule has 0 fully saturated rings. The van der Waals surface area contributed by atoms with Crippen molar-refractivity contribution in [2.45, 2.75) is 6.92 Å². The van der Waals surface area contributed by atoms with Crippen LogP contribution in [-0.4, -0.2) is 15.9 Å². The van der Waals surface area contributed by atoms with Gasteiger partial charge < -0.3 is 10.1 Å². The summed E-state index contributed by atoms with van der Waals surface area (Å²) in [6.07, 6.45) is 0. The van der Waals surface area contributed by atoms with Crippen molar-refractivity contribution >= 4 is 16.7 Å². The van der Waals surface area contributed by atoms with Crippen LogP contribution in [0.4, 0.5) is 4.39 Å². The van der Waals surface area contributed by atoms with E-state index in [1.165, 1.54) is 25.1 Å². The van der Waals surface area contributed by atoms with Crippen LogP contribution in [0.1, 0.15) is 17.4 Å². The van der Waals surface area contributed by atoms with Crippen LogP contribution in [-0.2, 0) is 0 Å². The lowest BCUT2D eigenvalue weighted by atomic mass is 10.2. The Morgan fingerprint density at radius 1 is 1.50 bits per heavy atom. The topological polar surface area (TPSA) is 53.1 Å². The summed E-state index contributed by atoms with van der Waals surface area (Å²) in [5.41, 5.74) is 0.666. The summed E-state index contributed by atoms with van der Waals surface area (Å²) in [7, 11) is 0. The van der Waals surface area contributed by atoms with Gasteiger partial charge in [0.25, 0.3) is 0 Å². The normalized spacial score (nSPS) is 10.7. The molecule has 2 rings (SSSR count). The predicted molar refractivity (Wildman–Crippen MR) is 49.9 cm³/mol. The van der Waals surface area contributed by atoms with E-state index in [1.54, 1.807) is 0 Å². The van der Waals surface area contributed by atoms with E-state index in [1.807, 2.05) is 0 Å². The fraction of sp³-hybridized carbons (Fsp3) is 0.100. The Morgan fingerprint density at radius 3 is 2.86 bits per heavy atom. The molecule has 2 aromatic rings. The molecule has 3 nitrogen and oxygen atoms in total. The van der Waals surface area contributed by atoms with Crippen LogP contribution in [0.25, 0.3) is 10.9 Å². The number of carbonyl (C=O) groups excluding carboxylic acids is 1. The smallest absolute Gasteiger partial charge is 0.179 e. The first kappa shape index (κ1) is 8.74. The highest BCUT2D eigenvalue weighted by atomic mass is 19.1. The van der Waals surface area contributed by atoms with Crippen molar-refractivity contribution < 1.29 is 14.3 Å². The fourth-order valence-electron chi connectivity index (χ4n) is 1.40. The molecule has 0 saturated carbocycles. The highest BCUT2D eigenvalue weighted by Crippen LogP contribution is 2.29. The van der Waals surface area contributed by atoms with E-state index in [0.717, 1.165) is 0 Å². The van der Waals surface area contributed by atoms with Gasteiger partial charge in [0, 0.05) is 17.8 Å². The van der Waals surface area contributed by atoms with Crippen molar-refractivity contribution in [1.29, 1.82) is 0 Å². The Hall–Kier alpha value is -1.84. The maximum absolute atomic E-state index is 12.8.